The van der Waals surface area contributed by atoms with E-state index >= 15 is 0 Å². The summed E-state index contributed by atoms with van der Waals surface area (Å²) < 4.78 is 46.2. The molecule has 0 radical (unpaired) electrons. The smallest absolute Gasteiger partial charge is 0.420 e. The lowest BCUT2D eigenvalue weighted by Crippen LogP contribution is -2.37. The largest absolute Gasteiger partial charge is 0.437 e. The summed E-state index contributed by atoms with van der Waals surface area (Å²) in [5, 5.41) is 2.93. The normalized spacial score (nSPS) is 17.4. The number of carbonyl (C=O) groups is 2. The number of piperidine rings is 2. The first kappa shape index (κ1) is 26.9. The van der Waals surface area contributed by atoms with Crippen LogP contribution in [0.1, 0.15) is 74.2 Å². The Morgan fingerprint density at radius 3 is 2.38 bits per heavy atom. The van der Waals surface area contributed by atoms with Gasteiger partial charge in [0.25, 0.3) is 6.01 Å². The first-order valence-corrected chi connectivity index (χ1v) is 13.0. The number of rotatable bonds is 8. The van der Waals surface area contributed by atoms with E-state index < -0.39 is 23.4 Å². The van der Waals surface area contributed by atoms with Crippen LogP contribution in [0.2, 0.25) is 0 Å². The Morgan fingerprint density at radius 1 is 1.08 bits per heavy atom. The minimum atomic E-state index is -4.79. The highest BCUT2D eigenvalue weighted by Gasteiger charge is 2.41. The molecule has 0 unspecified atom stereocenters. The molecule has 2 aliphatic rings. The van der Waals surface area contributed by atoms with Gasteiger partial charge in [-0.15, -0.1) is 0 Å². The van der Waals surface area contributed by atoms with Crippen molar-refractivity contribution >= 4 is 23.5 Å². The molecule has 2 aliphatic heterocycles. The first-order chi connectivity index (χ1) is 17.6. The van der Waals surface area contributed by atoms with E-state index in [2.05, 4.69) is 20.2 Å². The number of halogens is 3. The van der Waals surface area contributed by atoms with Gasteiger partial charge in [0.2, 0.25) is 17.5 Å². The van der Waals surface area contributed by atoms with Crippen molar-refractivity contribution in [1.82, 2.24) is 15.3 Å². The van der Waals surface area contributed by atoms with Crippen LogP contribution in [0.15, 0.2) is 22.7 Å². The zero-order chi connectivity index (χ0) is 26.6. The van der Waals surface area contributed by atoms with Crippen molar-refractivity contribution in [3.8, 4) is 0 Å². The summed E-state index contributed by atoms with van der Waals surface area (Å²) in [6, 6.07) is 3.47. The Bertz CT molecular complexity index is 1070. The lowest BCUT2D eigenvalue weighted by Gasteiger charge is -2.32. The van der Waals surface area contributed by atoms with Gasteiger partial charge < -0.3 is 19.5 Å². The molecular formula is C26H34F3N5O3. The number of Topliss-reactive ketones (excluding diaryl/α,β-unsaturated/α-hetero) is 1. The Balaban J connectivity index is 1.36. The molecule has 4 heterocycles. The van der Waals surface area contributed by atoms with Crippen LogP contribution in [0.5, 0.6) is 0 Å². The van der Waals surface area contributed by atoms with Crippen LogP contribution in [0.3, 0.4) is 0 Å². The number of carbonyl (C=O) groups excluding carboxylic acids is 2. The van der Waals surface area contributed by atoms with Gasteiger partial charge in [-0.05, 0) is 63.5 Å². The van der Waals surface area contributed by atoms with Gasteiger partial charge in [0.1, 0.15) is 5.82 Å². The number of nitrogens with zero attached hydrogens (tertiary/aromatic N) is 4. The van der Waals surface area contributed by atoms with Gasteiger partial charge in [0, 0.05) is 51.3 Å². The van der Waals surface area contributed by atoms with E-state index in [1.807, 2.05) is 13.8 Å². The summed E-state index contributed by atoms with van der Waals surface area (Å²) in [4.78, 5) is 36.7. The number of hydrogen-bond donors (Lipinski definition) is 1. The average molecular weight is 522 g/mol. The molecule has 4 rings (SSSR count). The zero-order valence-electron chi connectivity index (χ0n) is 21.3. The lowest BCUT2D eigenvalue weighted by molar-refractivity contribution is -0.141. The maximum Gasteiger partial charge on any atom is 0.437 e. The van der Waals surface area contributed by atoms with Crippen molar-refractivity contribution in [3.63, 3.8) is 0 Å². The van der Waals surface area contributed by atoms with Gasteiger partial charge in [-0.2, -0.15) is 18.2 Å². The second kappa shape index (κ2) is 11.5. The van der Waals surface area contributed by atoms with Gasteiger partial charge in [0.05, 0.1) is 0 Å². The molecule has 11 heteroatoms. The number of aromatic nitrogens is 2. The molecule has 202 valence electrons. The van der Waals surface area contributed by atoms with Gasteiger partial charge in [-0.25, -0.2) is 4.98 Å². The van der Waals surface area contributed by atoms with Gasteiger partial charge in [-0.1, -0.05) is 6.07 Å². The van der Waals surface area contributed by atoms with E-state index in [1.165, 1.54) is 6.20 Å². The summed E-state index contributed by atoms with van der Waals surface area (Å²) in [7, 11) is 0. The monoisotopic (exact) mass is 521 g/mol. The molecule has 0 aliphatic carbocycles. The minimum absolute atomic E-state index is 0.0732. The maximum absolute atomic E-state index is 13.6. The zero-order valence-corrected chi connectivity index (χ0v) is 21.3. The molecule has 1 amide bonds. The second-order valence-electron chi connectivity index (χ2n) is 10.2. The molecule has 1 N–H and O–H groups in total. The Kier molecular flexibility index (Phi) is 8.39. The summed E-state index contributed by atoms with van der Waals surface area (Å²) in [6.07, 6.45) is 1.42. The van der Waals surface area contributed by atoms with Gasteiger partial charge in [0.15, 0.2) is 5.69 Å². The summed E-state index contributed by atoms with van der Waals surface area (Å²) in [6.45, 7) is 6.51. The van der Waals surface area contributed by atoms with Gasteiger partial charge >= 0.3 is 6.18 Å². The standard InChI is InChI=1S/C26H34F3N5O3/c1-17(2)31-22(36)15-18-8-12-33(13-9-18)21-7-6-19(16-30-21)14-20(35)23-24(26(27,28)29)32-25(37-23)34-10-4-3-5-11-34/h6-7,16-18H,3-5,8-15H2,1-2H3,(H,31,36). The van der Waals surface area contributed by atoms with Crippen LogP contribution in [-0.4, -0.2) is 53.9 Å². The van der Waals surface area contributed by atoms with Crippen LogP contribution in [-0.2, 0) is 17.4 Å². The highest BCUT2D eigenvalue weighted by Crippen LogP contribution is 2.35. The predicted molar refractivity (Wildman–Crippen MR) is 133 cm³/mol. The number of nitrogens with one attached hydrogen (secondary N) is 1. The van der Waals surface area contributed by atoms with E-state index in [9.17, 15) is 22.8 Å². The van der Waals surface area contributed by atoms with Gasteiger partial charge in [-0.3, -0.25) is 9.59 Å². The van der Waals surface area contributed by atoms with Crippen LogP contribution in [0.4, 0.5) is 25.0 Å². The van der Waals surface area contributed by atoms with Crippen molar-refractivity contribution in [2.24, 2.45) is 5.92 Å². The van der Waals surface area contributed by atoms with Crippen molar-refractivity contribution < 1.29 is 27.2 Å². The Hall–Kier alpha value is -3.11. The number of alkyl halides is 3. The fourth-order valence-electron chi connectivity index (χ4n) is 4.89. The quantitative estimate of drug-likeness (QED) is 0.506. The molecule has 2 aromatic heterocycles. The number of amides is 1. The third kappa shape index (κ3) is 7.01. The van der Waals surface area contributed by atoms with Crippen LogP contribution in [0.25, 0.3) is 0 Å². The molecule has 0 saturated carbocycles. The maximum atomic E-state index is 13.6. The Labute approximate surface area is 214 Å². The molecule has 2 aromatic rings. The van der Waals surface area contributed by atoms with E-state index in [-0.39, 0.29) is 24.4 Å². The van der Waals surface area contributed by atoms with E-state index in [4.69, 9.17) is 4.42 Å². The Morgan fingerprint density at radius 2 is 1.78 bits per heavy atom. The van der Waals surface area contributed by atoms with Crippen molar-refractivity contribution in [2.75, 3.05) is 36.0 Å². The van der Waals surface area contributed by atoms with Crippen LogP contribution >= 0.6 is 0 Å². The van der Waals surface area contributed by atoms with E-state index in [0.29, 0.717) is 31.0 Å². The molecule has 2 saturated heterocycles. The summed E-state index contributed by atoms with van der Waals surface area (Å²) >= 11 is 0. The predicted octanol–water partition coefficient (Wildman–Crippen LogP) is 4.64. The summed E-state index contributed by atoms with van der Waals surface area (Å²) in [5.41, 5.74) is -0.773. The number of hydrogen-bond acceptors (Lipinski definition) is 7. The third-order valence-corrected chi connectivity index (χ3v) is 6.80. The number of pyridine rings is 1. The molecule has 0 spiro atoms. The number of ketones is 1. The molecule has 0 bridgehead atoms. The summed E-state index contributed by atoms with van der Waals surface area (Å²) in [5.74, 6) is -0.390. The molecule has 37 heavy (non-hydrogen) atoms. The number of anilines is 2. The fourth-order valence-corrected chi connectivity index (χ4v) is 4.89. The van der Waals surface area contributed by atoms with Crippen molar-refractivity contribution in [3.05, 3.63) is 35.3 Å². The first-order valence-electron chi connectivity index (χ1n) is 13.0. The molecule has 0 atom stereocenters. The highest BCUT2D eigenvalue weighted by atomic mass is 19.4. The van der Waals surface area contributed by atoms with E-state index in [1.54, 1.807) is 17.0 Å². The molecular weight excluding hydrogens is 487 g/mol. The SMILES string of the molecule is CC(C)NC(=O)CC1CCN(c2ccc(CC(=O)c3oc(N4CCCCC4)nc3C(F)(F)F)cn2)CC1. The fraction of sp³-hybridized carbons (Fsp3) is 0.615. The van der Waals surface area contributed by atoms with Crippen LogP contribution < -0.4 is 15.1 Å². The molecule has 2 fully saturated rings. The van der Waals surface area contributed by atoms with Crippen molar-refractivity contribution in [2.45, 2.75) is 71.0 Å². The lowest BCUT2D eigenvalue weighted by atomic mass is 9.93. The molecule has 8 nitrogen and oxygen atoms in total. The third-order valence-electron chi connectivity index (χ3n) is 6.80. The van der Waals surface area contributed by atoms with E-state index in [0.717, 1.165) is 51.0 Å². The molecule has 0 aromatic carbocycles. The topological polar surface area (TPSA) is 91.6 Å². The van der Waals surface area contributed by atoms with Crippen LogP contribution in [0, 0.1) is 5.92 Å². The minimum Gasteiger partial charge on any atom is -0.420 e. The van der Waals surface area contributed by atoms with Crippen molar-refractivity contribution in [1.29, 1.82) is 0 Å². The highest BCUT2D eigenvalue weighted by molar-refractivity contribution is 5.96. The average Bonchev–Trinajstić information content (AvgIpc) is 3.32. The second-order valence-corrected chi connectivity index (χ2v) is 10.2. The number of oxazole rings is 1.